The van der Waals surface area contributed by atoms with Crippen molar-refractivity contribution in [3.8, 4) is 0 Å². The van der Waals surface area contributed by atoms with Crippen LogP contribution in [0, 0.1) is 10.8 Å². The van der Waals surface area contributed by atoms with E-state index in [-0.39, 0.29) is 5.91 Å². The largest absolute Gasteiger partial charge is 0.369 e. The van der Waals surface area contributed by atoms with Crippen LogP contribution in [0.15, 0.2) is 0 Å². The maximum absolute atomic E-state index is 11.2. The van der Waals surface area contributed by atoms with Crippen molar-refractivity contribution in [2.24, 2.45) is 16.6 Å². The van der Waals surface area contributed by atoms with Gasteiger partial charge in [-0.3, -0.25) is 4.79 Å². The number of carbonyl (C=O) groups excluding carboxylic acids is 1. The van der Waals surface area contributed by atoms with E-state index in [0.717, 1.165) is 0 Å². The van der Waals surface area contributed by atoms with E-state index in [0.29, 0.717) is 18.0 Å². The summed E-state index contributed by atoms with van der Waals surface area (Å²) in [7, 11) is 0. The van der Waals surface area contributed by atoms with E-state index in [1.165, 1.54) is 25.7 Å². The molecule has 0 saturated heterocycles. The molecule has 3 nitrogen and oxygen atoms in total. The Morgan fingerprint density at radius 3 is 2.62 bits per heavy atom. The zero-order valence-electron chi connectivity index (χ0n) is 11.1. The Labute approximate surface area is 99.2 Å². The van der Waals surface area contributed by atoms with Gasteiger partial charge in [0.1, 0.15) is 0 Å². The normalized spacial score (nSPS) is 25.4. The zero-order valence-corrected chi connectivity index (χ0v) is 11.1. The van der Waals surface area contributed by atoms with Crippen LogP contribution in [0.4, 0.5) is 0 Å². The summed E-state index contributed by atoms with van der Waals surface area (Å²) in [5.74, 6) is -0.227. The Balaban J connectivity index is 2.41. The smallest absolute Gasteiger partial charge is 0.224 e. The second-order valence-corrected chi connectivity index (χ2v) is 6.59. The van der Waals surface area contributed by atoms with E-state index >= 15 is 0 Å². The van der Waals surface area contributed by atoms with Crippen LogP contribution in [0.5, 0.6) is 0 Å². The van der Waals surface area contributed by atoms with Crippen LogP contribution in [0.1, 0.15) is 53.4 Å². The van der Waals surface area contributed by atoms with Gasteiger partial charge in [0.25, 0.3) is 0 Å². The fourth-order valence-corrected chi connectivity index (χ4v) is 2.36. The second-order valence-electron chi connectivity index (χ2n) is 6.59. The van der Waals surface area contributed by atoms with Crippen molar-refractivity contribution >= 4 is 5.91 Å². The van der Waals surface area contributed by atoms with E-state index in [9.17, 15) is 4.79 Å². The van der Waals surface area contributed by atoms with E-state index in [1.54, 1.807) is 0 Å². The van der Waals surface area contributed by atoms with Gasteiger partial charge in [-0.15, -0.1) is 0 Å². The average molecular weight is 226 g/mol. The molecule has 0 bridgehead atoms. The lowest BCUT2D eigenvalue weighted by Gasteiger charge is -2.37. The lowest BCUT2D eigenvalue weighted by Crippen LogP contribution is -2.46. The maximum Gasteiger partial charge on any atom is 0.224 e. The molecule has 1 rings (SSSR count). The molecule has 0 radical (unpaired) electrons. The van der Waals surface area contributed by atoms with Gasteiger partial charge in [0.2, 0.25) is 5.91 Å². The predicted octanol–water partition coefficient (Wildman–Crippen LogP) is 2.06. The van der Waals surface area contributed by atoms with Gasteiger partial charge in [-0.05, 0) is 38.5 Å². The van der Waals surface area contributed by atoms with Gasteiger partial charge in [-0.2, -0.15) is 0 Å². The summed E-state index contributed by atoms with van der Waals surface area (Å²) in [5.41, 5.74) is 5.35. The zero-order chi connectivity index (χ0) is 12.4. The standard InChI is InChI=1S/C13H26N2O/c1-12(2)7-5-6-10(8-12)15-9-13(3,4)11(14)16/h10,15H,5-9H2,1-4H3,(H2,14,16). The first-order chi connectivity index (χ1) is 7.23. The molecular weight excluding hydrogens is 200 g/mol. The topological polar surface area (TPSA) is 55.1 Å². The lowest BCUT2D eigenvalue weighted by molar-refractivity contribution is -0.125. The minimum Gasteiger partial charge on any atom is -0.369 e. The highest BCUT2D eigenvalue weighted by atomic mass is 16.1. The summed E-state index contributed by atoms with van der Waals surface area (Å²) in [5, 5.41) is 3.50. The Morgan fingerprint density at radius 2 is 2.12 bits per heavy atom. The monoisotopic (exact) mass is 226 g/mol. The minimum atomic E-state index is -0.443. The van der Waals surface area contributed by atoms with Gasteiger partial charge in [0, 0.05) is 12.6 Å². The number of hydrogen-bond donors (Lipinski definition) is 2. The highest BCUT2D eigenvalue weighted by Gasteiger charge is 2.30. The molecule has 16 heavy (non-hydrogen) atoms. The summed E-state index contributed by atoms with van der Waals surface area (Å²) in [6, 6.07) is 0.544. The number of primary amides is 1. The maximum atomic E-state index is 11.2. The van der Waals surface area contributed by atoms with Crippen LogP contribution < -0.4 is 11.1 Å². The third kappa shape index (κ3) is 3.78. The second kappa shape index (κ2) is 4.74. The van der Waals surface area contributed by atoms with Crippen molar-refractivity contribution in [2.75, 3.05) is 6.54 Å². The average Bonchev–Trinajstić information content (AvgIpc) is 2.13. The van der Waals surface area contributed by atoms with Crippen molar-refractivity contribution in [2.45, 2.75) is 59.4 Å². The van der Waals surface area contributed by atoms with Gasteiger partial charge < -0.3 is 11.1 Å². The van der Waals surface area contributed by atoms with Crippen molar-refractivity contribution in [3.63, 3.8) is 0 Å². The highest BCUT2D eigenvalue weighted by molar-refractivity contribution is 5.80. The van der Waals surface area contributed by atoms with Crippen LogP contribution in [0.25, 0.3) is 0 Å². The van der Waals surface area contributed by atoms with Gasteiger partial charge in [-0.1, -0.05) is 20.3 Å². The summed E-state index contributed by atoms with van der Waals surface area (Å²) in [6.07, 6.45) is 5.01. The minimum absolute atomic E-state index is 0.227. The molecule has 0 aromatic carbocycles. The fraction of sp³-hybridized carbons (Fsp3) is 0.923. The van der Waals surface area contributed by atoms with Gasteiger partial charge in [-0.25, -0.2) is 0 Å². The molecule has 1 unspecified atom stereocenters. The Bertz CT molecular complexity index is 259. The predicted molar refractivity (Wildman–Crippen MR) is 67.0 cm³/mol. The molecule has 0 aliphatic heterocycles. The van der Waals surface area contributed by atoms with Crippen molar-refractivity contribution in [3.05, 3.63) is 0 Å². The first-order valence-corrected chi connectivity index (χ1v) is 6.26. The number of hydrogen-bond acceptors (Lipinski definition) is 2. The molecule has 1 fully saturated rings. The third-order valence-electron chi connectivity index (χ3n) is 3.70. The quantitative estimate of drug-likeness (QED) is 0.771. The van der Waals surface area contributed by atoms with E-state index in [1.807, 2.05) is 13.8 Å². The number of rotatable bonds is 4. The third-order valence-corrected chi connectivity index (χ3v) is 3.70. The van der Waals surface area contributed by atoms with Crippen molar-refractivity contribution < 1.29 is 4.79 Å². The number of nitrogens with one attached hydrogen (secondary N) is 1. The first kappa shape index (κ1) is 13.5. The molecule has 1 amide bonds. The molecule has 1 aliphatic carbocycles. The van der Waals surface area contributed by atoms with E-state index in [2.05, 4.69) is 19.2 Å². The highest BCUT2D eigenvalue weighted by Crippen LogP contribution is 2.35. The SMILES string of the molecule is CC1(C)CCCC(NCC(C)(C)C(N)=O)C1. The summed E-state index contributed by atoms with van der Waals surface area (Å²) >= 11 is 0. The molecule has 3 N–H and O–H groups in total. The first-order valence-electron chi connectivity index (χ1n) is 6.26. The van der Waals surface area contributed by atoms with Crippen LogP contribution >= 0.6 is 0 Å². The van der Waals surface area contributed by atoms with Crippen molar-refractivity contribution in [1.82, 2.24) is 5.32 Å². The molecule has 1 atom stereocenters. The van der Waals surface area contributed by atoms with Gasteiger partial charge in [0.15, 0.2) is 0 Å². The molecule has 0 aromatic rings. The van der Waals surface area contributed by atoms with Crippen LogP contribution in [0.2, 0.25) is 0 Å². The van der Waals surface area contributed by atoms with Crippen LogP contribution in [-0.2, 0) is 4.79 Å². The molecule has 1 aliphatic rings. The molecule has 1 saturated carbocycles. The molecule has 0 aromatic heterocycles. The molecular formula is C13H26N2O. The molecule has 0 spiro atoms. The summed E-state index contributed by atoms with van der Waals surface area (Å²) in [6.45, 7) is 9.12. The Kier molecular flexibility index (Phi) is 4.00. The van der Waals surface area contributed by atoms with Crippen molar-refractivity contribution in [1.29, 1.82) is 0 Å². The molecule has 3 heteroatoms. The number of nitrogens with two attached hydrogens (primary N) is 1. The van der Waals surface area contributed by atoms with Crippen LogP contribution in [0.3, 0.4) is 0 Å². The summed E-state index contributed by atoms with van der Waals surface area (Å²) in [4.78, 5) is 11.2. The van der Waals surface area contributed by atoms with Gasteiger partial charge >= 0.3 is 0 Å². The van der Waals surface area contributed by atoms with Gasteiger partial charge in [0.05, 0.1) is 5.41 Å². The molecule has 0 heterocycles. The summed E-state index contributed by atoms with van der Waals surface area (Å²) < 4.78 is 0. The fourth-order valence-electron chi connectivity index (χ4n) is 2.36. The molecule has 94 valence electrons. The Hall–Kier alpha value is -0.570. The van der Waals surface area contributed by atoms with Crippen LogP contribution in [-0.4, -0.2) is 18.5 Å². The van der Waals surface area contributed by atoms with E-state index in [4.69, 9.17) is 5.73 Å². The Morgan fingerprint density at radius 1 is 1.50 bits per heavy atom. The lowest BCUT2D eigenvalue weighted by atomic mass is 9.75. The van der Waals surface area contributed by atoms with E-state index < -0.39 is 5.41 Å². The number of amides is 1. The number of carbonyl (C=O) groups is 1.